The molecule has 2 aromatic rings. The van der Waals surface area contributed by atoms with Crippen LogP contribution in [0.3, 0.4) is 0 Å². The fourth-order valence-electron chi connectivity index (χ4n) is 2.70. The van der Waals surface area contributed by atoms with Crippen molar-refractivity contribution in [2.75, 3.05) is 13.2 Å². The fraction of sp³-hybridized carbons (Fsp3) is 0.238. The molecule has 0 saturated carbocycles. The van der Waals surface area contributed by atoms with Crippen LogP contribution in [0.25, 0.3) is 0 Å². The Morgan fingerprint density at radius 2 is 1.26 bits per heavy atom. The second kappa shape index (κ2) is 8.84. The molecule has 0 aromatic heterocycles. The number of hydrogen-bond acceptors (Lipinski definition) is 2. The first-order valence-corrected chi connectivity index (χ1v) is 7.97. The van der Waals surface area contributed by atoms with Gasteiger partial charge >= 0.3 is 0 Å². The predicted molar refractivity (Wildman–Crippen MR) is 96.4 cm³/mol. The molecule has 120 valence electrons. The van der Waals surface area contributed by atoms with E-state index in [2.05, 4.69) is 32.2 Å². The molecule has 0 aliphatic carbocycles. The van der Waals surface area contributed by atoms with Gasteiger partial charge in [-0.3, -0.25) is 0 Å². The van der Waals surface area contributed by atoms with Gasteiger partial charge in [0, 0.05) is 17.0 Å². The second-order valence-corrected chi connectivity index (χ2v) is 5.24. The Bertz CT molecular complexity index is 590. The van der Waals surface area contributed by atoms with Crippen LogP contribution < -0.4 is 9.47 Å². The third-order valence-electron chi connectivity index (χ3n) is 3.71. The summed E-state index contributed by atoms with van der Waals surface area (Å²) < 4.78 is 11.7. The maximum Gasteiger partial charge on any atom is 0.123 e. The van der Waals surface area contributed by atoms with Crippen molar-refractivity contribution in [1.82, 2.24) is 0 Å². The van der Waals surface area contributed by atoms with Crippen LogP contribution in [-0.4, -0.2) is 13.2 Å². The molecule has 0 radical (unpaired) electrons. The summed E-state index contributed by atoms with van der Waals surface area (Å²) in [6.07, 6.45) is 4.49. The largest absolute Gasteiger partial charge is 0.489 e. The van der Waals surface area contributed by atoms with E-state index in [1.807, 2.05) is 36.4 Å². The number of para-hydroxylation sites is 2. The highest BCUT2D eigenvalue weighted by molar-refractivity contribution is 5.47. The van der Waals surface area contributed by atoms with E-state index in [0.717, 1.165) is 17.9 Å². The number of rotatable bonds is 9. The minimum Gasteiger partial charge on any atom is -0.489 e. The average Bonchev–Trinajstić information content (AvgIpc) is 2.60. The summed E-state index contributed by atoms with van der Waals surface area (Å²) in [4.78, 5) is 0. The van der Waals surface area contributed by atoms with E-state index in [9.17, 15) is 0 Å². The van der Waals surface area contributed by atoms with E-state index in [0.29, 0.717) is 13.2 Å². The monoisotopic (exact) mass is 308 g/mol. The van der Waals surface area contributed by atoms with E-state index >= 15 is 0 Å². The van der Waals surface area contributed by atoms with Gasteiger partial charge in [-0.2, -0.15) is 0 Å². The Labute approximate surface area is 139 Å². The van der Waals surface area contributed by atoms with Crippen LogP contribution in [0.4, 0.5) is 0 Å². The molecular formula is C21H24O2. The van der Waals surface area contributed by atoms with Crippen LogP contribution in [0.5, 0.6) is 11.5 Å². The highest BCUT2D eigenvalue weighted by Gasteiger charge is 2.19. The van der Waals surface area contributed by atoms with E-state index < -0.39 is 0 Å². The molecule has 0 bridgehead atoms. The summed E-state index contributed by atoms with van der Waals surface area (Å²) in [7, 11) is 0. The average molecular weight is 308 g/mol. The van der Waals surface area contributed by atoms with Gasteiger partial charge in [-0.15, -0.1) is 0 Å². The van der Waals surface area contributed by atoms with E-state index in [1.165, 1.54) is 11.1 Å². The van der Waals surface area contributed by atoms with Gasteiger partial charge in [-0.05, 0) is 18.6 Å². The lowest BCUT2D eigenvalue weighted by Crippen LogP contribution is -2.07. The zero-order chi connectivity index (χ0) is 16.5. The van der Waals surface area contributed by atoms with Crippen LogP contribution >= 0.6 is 0 Å². The van der Waals surface area contributed by atoms with Gasteiger partial charge in [0.25, 0.3) is 0 Å². The van der Waals surface area contributed by atoms with Gasteiger partial charge in [-0.1, -0.05) is 68.6 Å². The standard InChI is InChI=1S/C21H24O2/c1-4-15-22-20-13-9-7-11-18(20)17(6-3)19-12-8-10-14-21(19)23-16-5-2/h4-5,7-14,17H,1-2,6,15-16H2,3H3. The minimum atomic E-state index is 0.219. The van der Waals surface area contributed by atoms with Crippen LogP contribution in [0.15, 0.2) is 73.8 Å². The van der Waals surface area contributed by atoms with Gasteiger partial charge < -0.3 is 9.47 Å². The zero-order valence-electron chi connectivity index (χ0n) is 13.7. The Morgan fingerprint density at radius 3 is 1.65 bits per heavy atom. The molecule has 2 aromatic carbocycles. The van der Waals surface area contributed by atoms with Crippen LogP contribution in [0.1, 0.15) is 30.4 Å². The van der Waals surface area contributed by atoms with Crippen molar-refractivity contribution in [1.29, 1.82) is 0 Å². The van der Waals surface area contributed by atoms with Crippen molar-refractivity contribution < 1.29 is 9.47 Å². The molecule has 2 heteroatoms. The molecule has 0 spiro atoms. The Balaban J connectivity index is 2.40. The molecule has 2 rings (SSSR count). The number of hydrogen-bond donors (Lipinski definition) is 0. The van der Waals surface area contributed by atoms with Crippen molar-refractivity contribution in [3.63, 3.8) is 0 Å². The van der Waals surface area contributed by atoms with Gasteiger partial charge in [0.2, 0.25) is 0 Å². The van der Waals surface area contributed by atoms with Crippen molar-refractivity contribution in [2.24, 2.45) is 0 Å². The molecular weight excluding hydrogens is 284 g/mol. The molecule has 0 heterocycles. The minimum absolute atomic E-state index is 0.219. The Kier molecular flexibility index (Phi) is 6.49. The van der Waals surface area contributed by atoms with Gasteiger partial charge in [0.1, 0.15) is 24.7 Å². The first-order valence-electron chi connectivity index (χ1n) is 7.97. The summed E-state index contributed by atoms with van der Waals surface area (Å²) in [6.45, 7) is 10.6. The topological polar surface area (TPSA) is 18.5 Å². The van der Waals surface area contributed by atoms with Crippen molar-refractivity contribution in [2.45, 2.75) is 19.3 Å². The van der Waals surface area contributed by atoms with Crippen LogP contribution in [0.2, 0.25) is 0 Å². The van der Waals surface area contributed by atoms with Gasteiger partial charge in [-0.25, -0.2) is 0 Å². The highest BCUT2D eigenvalue weighted by atomic mass is 16.5. The maximum atomic E-state index is 5.84. The molecule has 0 aliphatic heterocycles. The van der Waals surface area contributed by atoms with Crippen molar-refractivity contribution in [3.05, 3.63) is 85.0 Å². The molecule has 0 unspecified atom stereocenters. The molecule has 23 heavy (non-hydrogen) atoms. The SMILES string of the molecule is C=CCOc1ccccc1C(CC)c1ccccc1OCC=C. The van der Waals surface area contributed by atoms with E-state index in [1.54, 1.807) is 12.2 Å². The summed E-state index contributed by atoms with van der Waals surface area (Å²) in [5.74, 6) is 2.02. The molecule has 0 amide bonds. The molecule has 0 aliphatic rings. The van der Waals surface area contributed by atoms with E-state index in [-0.39, 0.29) is 5.92 Å². The van der Waals surface area contributed by atoms with E-state index in [4.69, 9.17) is 9.47 Å². The highest BCUT2D eigenvalue weighted by Crippen LogP contribution is 2.38. The fourth-order valence-corrected chi connectivity index (χ4v) is 2.70. The van der Waals surface area contributed by atoms with Gasteiger partial charge in [0.15, 0.2) is 0 Å². The smallest absolute Gasteiger partial charge is 0.123 e. The summed E-state index contributed by atoms with van der Waals surface area (Å²) in [6, 6.07) is 16.3. The zero-order valence-corrected chi connectivity index (χ0v) is 13.7. The van der Waals surface area contributed by atoms with Crippen LogP contribution in [-0.2, 0) is 0 Å². The molecule has 0 saturated heterocycles. The maximum absolute atomic E-state index is 5.84. The quantitative estimate of drug-likeness (QED) is 0.581. The summed E-state index contributed by atoms with van der Waals surface area (Å²) >= 11 is 0. The first-order chi connectivity index (χ1) is 11.3. The Morgan fingerprint density at radius 1 is 0.826 bits per heavy atom. The number of ether oxygens (including phenoxy) is 2. The predicted octanol–water partition coefficient (Wildman–Crippen LogP) is 5.36. The summed E-state index contributed by atoms with van der Waals surface area (Å²) in [5, 5.41) is 0. The van der Waals surface area contributed by atoms with Gasteiger partial charge in [0.05, 0.1) is 0 Å². The molecule has 0 N–H and O–H groups in total. The third kappa shape index (κ3) is 4.26. The first kappa shape index (κ1) is 16.9. The summed E-state index contributed by atoms with van der Waals surface area (Å²) in [5.41, 5.74) is 2.35. The van der Waals surface area contributed by atoms with Crippen LogP contribution in [0, 0.1) is 0 Å². The normalized spacial score (nSPS) is 10.3. The lowest BCUT2D eigenvalue weighted by atomic mass is 9.88. The lowest BCUT2D eigenvalue weighted by molar-refractivity contribution is 0.351. The Hall–Kier alpha value is -2.48. The van der Waals surface area contributed by atoms with Crippen molar-refractivity contribution >= 4 is 0 Å². The second-order valence-electron chi connectivity index (χ2n) is 5.24. The number of benzene rings is 2. The third-order valence-corrected chi connectivity index (χ3v) is 3.71. The lowest BCUT2D eigenvalue weighted by Gasteiger charge is -2.22. The molecule has 0 fully saturated rings. The van der Waals surface area contributed by atoms with Crippen molar-refractivity contribution in [3.8, 4) is 11.5 Å². The molecule has 2 nitrogen and oxygen atoms in total. The molecule has 0 atom stereocenters.